The number of nitrogens with zero attached hydrogens (tertiary/aromatic N) is 1. The Morgan fingerprint density at radius 2 is 1.91 bits per heavy atom. The van der Waals surface area contributed by atoms with Crippen molar-refractivity contribution in [2.24, 2.45) is 0 Å². The quantitative estimate of drug-likeness (QED) is 0.305. The molecule has 0 fully saturated rings. The van der Waals surface area contributed by atoms with Crippen molar-refractivity contribution in [1.82, 2.24) is 9.97 Å². The SMILES string of the molecule is COc1cc(-c2nc3sc4c(c3c(=O)[nH]2)CCCC4)cc(Cl)c1OCc1ccc(Cl)cc1Cl. The van der Waals surface area contributed by atoms with Crippen LogP contribution >= 0.6 is 46.1 Å². The Labute approximate surface area is 209 Å². The van der Waals surface area contributed by atoms with E-state index in [2.05, 4.69) is 4.98 Å². The molecule has 2 aromatic heterocycles. The van der Waals surface area contributed by atoms with Crippen LogP contribution in [0.4, 0.5) is 0 Å². The lowest BCUT2D eigenvalue weighted by Gasteiger charge is -2.15. The standard InChI is InChI=1S/C24H19Cl3N2O3S/c1-31-18-9-13(8-17(27)21(18)32-11-12-6-7-14(25)10-16(12)26)22-28-23(30)20-15-4-2-3-5-19(15)33-24(20)29-22/h6-10H,2-5,11H2,1H3,(H,28,29,30). The third kappa shape index (κ3) is 4.33. The second kappa shape index (κ2) is 9.18. The van der Waals surface area contributed by atoms with E-state index in [0.29, 0.717) is 38.0 Å². The van der Waals surface area contributed by atoms with Gasteiger partial charge in [-0.3, -0.25) is 4.79 Å². The highest BCUT2D eigenvalue weighted by Crippen LogP contribution is 2.40. The normalized spacial score (nSPS) is 13.2. The number of rotatable bonds is 5. The average Bonchev–Trinajstić information content (AvgIpc) is 3.17. The van der Waals surface area contributed by atoms with Crippen LogP contribution in [0, 0.1) is 0 Å². The Morgan fingerprint density at radius 1 is 1.09 bits per heavy atom. The molecule has 0 amide bonds. The Kier molecular flexibility index (Phi) is 6.27. The van der Waals surface area contributed by atoms with Gasteiger partial charge in [0.15, 0.2) is 11.5 Å². The zero-order chi connectivity index (χ0) is 23.1. The number of thiophene rings is 1. The number of halogens is 3. The van der Waals surface area contributed by atoms with E-state index in [4.69, 9.17) is 49.3 Å². The van der Waals surface area contributed by atoms with Gasteiger partial charge in [-0.05, 0) is 55.5 Å². The summed E-state index contributed by atoms with van der Waals surface area (Å²) in [4.78, 5) is 22.6. The molecule has 0 aliphatic heterocycles. The molecule has 1 aliphatic carbocycles. The predicted molar refractivity (Wildman–Crippen MR) is 135 cm³/mol. The molecule has 2 heterocycles. The number of nitrogens with one attached hydrogen (secondary N) is 1. The number of hydrogen-bond acceptors (Lipinski definition) is 5. The number of H-pyrrole nitrogens is 1. The van der Waals surface area contributed by atoms with Gasteiger partial charge in [-0.25, -0.2) is 4.98 Å². The minimum Gasteiger partial charge on any atom is -0.493 e. The largest absolute Gasteiger partial charge is 0.493 e. The van der Waals surface area contributed by atoms with Gasteiger partial charge in [0.05, 0.1) is 17.5 Å². The van der Waals surface area contributed by atoms with Gasteiger partial charge in [-0.2, -0.15) is 0 Å². The van der Waals surface area contributed by atoms with Crippen LogP contribution in [0.5, 0.6) is 11.5 Å². The highest BCUT2D eigenvalue weighted by molar-refractivity contribution is 7.18. The average molecular weight is 522 g/mol. The molecule has 1 aliphatic rings. The molecule has 1 N–H and O–H groups in total. The minimum atomic E-state index is -0.123. The van der Waals surface area contributed by atoms with Gasteiger partial charge in [0.2, 0.25) is 0 Å². The molecule has 0 unspecified atom stereocenters. The highest BCUT2D eigenvalue weighted by atomic mass is 35.5. The molecule has 0 saturated carbocycles. The topological polar surface area (TPSA) is 64.2 Å². The fourth-order valence-corrected chi connectivity index (χ4v) is 6.08. The Hall–Kier alpha value is -2.25. The van der Waals surface area contributed by atoms with Crippen LogP contribution in [0.3, 0.4) is 0 Å². The summed E-state index contributed by atoms with van der Waals surface area (Å²) in [5.74, 6) is 1.25. The van der Waals surface area contributed by atoms with E-state index in [9.17, 15) is 4.79 Å². The lowest BCUT2D eigenvalue weighted by atomic mass is 9.97. The third-order valence-electron chi connectivity index (χ3n) is 5.72. The maximum absolute atomic E-state index is 12.9. The van der Waals surface area contributed by atoms with Crippen LogP contribution in [0.15, 0.2) is 35.1 Å². The first-order valence-electron chi connectivity index (χ1n) is 10.4. The van der Waals surface area contributed by atoms with Crippen molar-refractivity contribution < 1.29 is 9.47 Å². The first-order chi connectivity index (χ1) is 15.9. The molecule has 4 aromatic rings. The zero-order valence-corrected chi connectivity index (χ0v) is 20.7. The van der Waals surface area contributed by atoms with E-state index in [0.717, 1.165) is 47.0 Å². The van der Waals surface area contributed by atoms with Crippen molar-refractivity contribution >= 4 is 56.4 Å². The van der Waals surface area contributed by atoms with E-state index in [1.807, 2.05) is 0 Å². The number of fused-ring (bicyclic) bond motifs is 3. The van der Waals surface area contributed by atoms with E-state index in [1.54, 1.807) is 41.7 Å². The third-order valence-corrected chi connectivity index (χ3v) is 7.77. The number of aryl methyl sites for hydroxylation is 2. The summed E-state index contributed by atoms with van der Waals surface area (Å²) in [5, 5.41) is 2.11. The van der Waals surface area contributed by atoms with E-state index >= 15 is 0 Å². The molecular formula is C24H19Cl3N2O3S. The highest BCUT2D eigenvalue weighted by Gasteiger charge is 2.21. The van der Waals surface area contributed by atoms with Gasteiger partial charge < -0.3 is 14.5 Å². The molecule has 33 heavy (non-hydrogen) atoms. The molecule has 0 saturated heterocycles. The summed E-state index contributed by atoms with van der Waals surface area (Å²) in [6.45, 7) is 0.188. The molecule has 170 valence electrons. The lowest BCUT2D eigenvalue weighted by molar-refractivity contribution is 0.285. The molecule has 0 spiro atoms. The molecule has 0 bridgehead atoms. The van der Waals surface area contributed by atoms with Gasteiger partial charge in [0.25, 0.3) is 5.56 Å². The van der Waals surface area contributed by atoms with Gasteiger partial charge in [0.1, 0.15) is 17.3 Å². The summed E-state index contributed by atoms with van der Waals surface area (Å²) < 4.78 is 11.5. The number of aromatic amines is 1. The van der Waals surface area contributed by atoms with Gasteiger partial charge in [0, 0.05) is 26.0 Å². The van der Waals surface area contributed by atoms with Crippen LogP contribution < -0.4 is 15.0 Å². The van der Waals surface area contributed by atoms with Crippen molar-refractivity contribution in [3.05, 3.63) is 71.8 Å². The van der Waals surface area contributed by atoms with Crippen LogP contribution in [-0.4, -0.2) is 17.1 Å². The van der Waals surface area contributed by atoms with Gasteiger partial charge in [-0.15, -0.1) is 11.3 Å². The van der Waals surface area contributed by atoms with E-state index < -0.39 is 0 Å². The number of aromatic nitrogens is 2. The predicted octanol–water partition coefficient (Wildman–Crippen LogP) is 7.08. The van der Waals surface area contributed by atoms with Crippen molar-refractivity contribution in [1.29, 1.82) is 0 Å². The molecule has 0 atom stereocenters. The summed E-state index contributed by atoms with van der Waals surface area (Å²) >= 11 is 20.4. The minimum absolute atomic E-state index is 0.123. The Morgan fingerprint density at radius 3 is 2.70 bits per heavy atom. The molecular weight excluding hydrogens is 503 g/mol. The maximum Gasteiger partial charge on any atom is 0.260 e. The zero-order valence-electron chi connectivity index (χ0n) is 17.6. The van der Waals surface area contributed by atoms with Gasteiger partial charge in [-0.1, -0.05) is 40.9 Å². The fourth-order valence-electron chi connectivity index (χ4n) is 4.09. The second-order valence-electron chi connectivity index (χ2n) is 7.82. The summed E-state index contributed by atoms with van der Waals surface area (Å²) in [6.07, 6.45) is 4.20. The monoisotopic (exact) mass is 520 g/mol. The molecule has 5 nitrogen and oxygen atoms in total. The number of benzene rings is 2. The number of methoxy groups -OCH3 is 1. The first-order valence-corrected chi connectivity index (χ1v) is 12.4. The van der Waals surface area contributed by atoms with Gasteiger partial charge >= 0.3 is 0 Å². The summed E-state index contributed by atoms with van der Waals surface area (Å²) in [6, 6.07) is 8.66. The van der Waals surface area contributed by atoms with Crippen LogP contribution in [0.25, 0.3) is 21.6 Å². The summed E-state index contributed by atoms with van der Waals surface area (Å²) in [7, 11) is 1.53. The number of ether oxygens (including phenoxy) is 2. The molecule has 9 heteroatoms. The summed E-state index contributed by atoms with van der Waals surface area (Å²) in [5.41, 5.74) is 2.43. The van der Waals surface area contributed by atoms with Crippen LogP contribution in [-0.2, 0) is 19.4 Å². The fraction of sp³-hybridized carbons (Fsp3) is 0.250. The molecule has 2 aromatic carbocycles. The van der Waals surface area contributed by atoms with Crippen LogP contribution in [0.2, 0.25) is 15.1 Å². The van der Waals surface area contributed by atoms with Crippen LogP contribution in [0.1, 0.15) is 28.8 Å². The smallest absolute Gasteiger partial charge is 0.260 e. The lowest BCUT2D eigenvalue weighted by Crippen LogP contribution is -2.11. The molecule has 0 radical (unpaired) electrons. The van der Waals surface area contributed by atoms with Crippen molar-refractivity contribution in [3.63, 3.8) is 0 Å². The Balaban J connectivity index is 1.50. The van der Waals surface area contributed by atoms with E-state index in [-0.39, 0.29) is 12.2 Å². The second-order valence-corrected chi connectivity index (χ2v) is 10.2. The maximum atomic E-state index is 12.9. The first kappa shape index (κ1) is 22.5. The van der Waals surface area contributed by atoms with Crippen molar-refractivity contribution in [3.8, 4) is 22.9 Å². The molecule has 5 rings (SSSR count). The Bertz CT molecular complexity index is 1430. The van der Waals surface area contributed by atoms with Crippen molar-refractivity contribution in [2.45, 2.75) is 32.3 Å². The van der Waals surface area contributed by atoms with E-state index in [1.165, 1.54) is 12.0 Å². The number of hydrogen-bond donors (Lipinski definition) is 1. The van der Waals surface area contributed by atoms with Crippen molar-refractivity contribution in [2.75, 3.05) is 7.11 Å².